The molecule has 0 amide bonds. The Labute approximate surface area is 93.1 Å². The molecule has 0 aliphatic carbocycles. The van der Waals surface area contributed by atoms with Crippen LogP contribution in [0.15, 0.2) is 54.9 Å². The van der Waals surface area contributed by atoms with Gasteiger partial charge in [-0.05, 0) is 36.4 Å². The molecule has 0 unspecified atom stereocenters. The predicted molar refractivity (Wildman–Crippen MR) is 65.8 cm³/mol. The van der Waals surface area contributed by atoms with E-state index in [2.05, 4.69) is 27.4 Å². The van der Waals surface area contributed by atoms with Gasteiger partial charge in [-0.2, -0.15) is 0 Å². The van der Waals surface area contributed by atoms with Crippen molar-refractivity contribution in [2.24, 2.45) is 0 Å². The van der Waals surface area contributed by atoms with Gasteiger partial charge in [-0.25, -0.2) is 0 Å². The standard InChI is InChI=1S/C13H11N3/c1-3-10-9-11(5-6-12(10)14-7-1)16-13-4-2-8-15-13/h1-9,15-16H. The van der Waals surface area contributed by atoms with Gasteiger partial charge in [0.15, 0.2) is 0 Å². The number of hydrogen-bond donors (Lipinski definition) is 2. The summed E-state index contributed by atoms with van der Waals surface area (Å²) in [5.41, 5.74) is 2.07. The summed E-state index contributed by atoms with van der Waals surface area (Å²) < 4.78 is 0. The van der Waals surface area contributed by atoms with Crippen molar-refractivity contribution in [1.29, 1.82) is 0 Å². The van der Waals surface area contributed by atoms with Gasteiger partial charge in [-0.15, -0.1) is 0 Å². The number of rotatable bonds is 2. The topological polar surface area (TPSA) is 40.7 Å². The number of nitrogens with zero attached hydrogens (tertiary/aromatic N) is 1. The zero-order valence-corrected chi connectivity index (χ0v) is 8.64. The Balaban J connectivity index is 1.99. The summed E-state index contributed by atoms with van der Waals surface area (Å²) in [6.07, 6.45) is 3.70. The number of anilines is 2. The quantitative estimate of drug-likeness (QED) is 0.679. The predicted octanol–water partition coefficient (Wildman–Crippen LogP) is 3.31. The van der Waals surface area contributed by atoms with E-state index in [0.29, 0.717) is 0 Å². The molecule has 0 bridgehead atoms. The molecule has 2 heterocycles. The first kappa shape index (κ1) is 8.97. The molecule has 1 aromatic carbocycles. The Morgan fingerprint density at radius 3 is 2.94 bits per heavy atom. The minimum atomic E-state index is 0.989. The molecule has 0 saturated carbocycles. The number of fused-ring (bicyclic) bond motifs is 1. The molecular weight excluding hydrogens is 198 g/mol. The van der Waals surface area contributed by atoms with Crippen LogP contribution in [-0.4, -0.2) is 9.97 Å². The van der Waals surface area contributed by atoms with Crippen molar-refractivity contribution in [3.05, 3.63) is 54.9 Å². The highest BCUT2D eigenvalue weighted by Crippen LogP contribution is 2.19. The monoisotopic (exact) mass is 209 g/mol. The maximum absolute atomic E-state index is 4.28. The van der Waals surface area contributed by atoms with Crippen molar-refractivity contribution < 1.29 is 0 Å². The van der Waals surface area contributed by atoms with Gasteiger partial charge in [-0.3, -0.25) is 4.98 Å². The van der Waals surface area contributed by atoms with Gasteiger partial charge in [0.05, 0.1) is 5.52 Å². The third-order valence-corrected chi connectivity index (χ3v) is 2.48. The van der Waals surface area contributed by atoms with Gasteiger partial charge in [0.2, 0.25) is 0 Å². The molecule has 0 fully saturated rings. The molecular formula is C13H11N3. The molecule has 0 spiro atoms. The van der Waals surface area contributed by atoms with Gasteiger partial charge >= 0.3 is 0 Å². The van der Waals surface area contributed by atoms with Crippen molar-refractivity contribution in [2.75, 3.05) is 5.32 Å². The van der Waals surface area contributed by atoms with E-state index in [-0.39, 0.29) is 0 Å². The normalized spacial score (nSPS) is 10.5. The molecule has 2 N–H and O–H groups in total. The van der Waals surface area contributed by atoms with Crippen LogP contribution in [0.1, 0.15) is 0 Å². The van der Waals surface area contributed by atoms with Crippen LogP contribution in [0.4, 0.5) is 11.5 Å². The second kappa shape index (κ2) is 3.70. The van der Waals surface area contributed by atoms with Gasteiger partial charge in [0.1, 0.15) is 5.82 Å². The Hall–Kier alpha value is -2.29. The third-order valence-electron chi connectivity index (χ3n) is 2.48. The van der Waals surface area contributed by atoms with Crippen LogP contribution >= 0.6 is 0 Å². The van der Waals surface area contributed by atoms with E-state index in [4.69, 9.17) is 0 Å². The Morgan fingerprint density at radius 2 is 2.06 bits per heavy atom. The summed E-state index contributed by atoms with van der Waals surface area (Å²) in [5, 5.41) is 4.43. The van der Waals surface area contributed by atoms with E-state index >= 15 is 0 Å². The summed E-state index contributed by atoms with van der Waals surface area (Å²) in [5.74, 6) is 0.989. The van der Waals surface area contributed by atoms with E-state index in [0.717, 1.165) is 22.4 Å². The molecule has 16 heavy (non-hydrogen) atoms. The number of benzene rings is 1. The average molecular weight is 209 g/mol. The Bertz CT molecular complexity index is 599. The summed E-state index contributed by atoms with van der Waals surface area (Å²) in [6, 6.07) is 14.1. The van der Waals surface area contributed by atoms with E-state index in [1.54, 1.807) is 6.20 Å². The molecule has 3 rings (SSSR count). The first-order chi connectivity index (χ1) is 7.92. The van der Waals surface area contributed by atoms with Gasteiger partial charge < -0.3 is 10.3 Å². The number of H-pyrrole nitrogens is 1. The van der Waals surface area contributed by atoms with Crippen molar-refractivity contribution in [3.63, 3.8) is 0 Å². The molecule has 3 heteroatoms. The van der Waals surface area contributed by atoms with Crippen LogP contribution in [0.2, 0.25) is 0 Å². The lowest BCUT2D eigenvalue weighted by atomic mass is 10.2. The van der Waals surface area contributed by atoms with E-state index in [9.17, 15) is 0 Å². The fourth-order valence-corrected chi connectivity index (χ4v) is 1.72. The van der Waals surface area contributed by atoms with Crippen LogP contribution in [0.3, 0.4) is 0 Å². The lowest BCUT2D eigenvalue weighted by Crippen LogP contribution is -1.90. The SMILES string of the molecule is c1c[nH]c(Nc2ccc3ncccc3c2)c1. The fourth-order valence-electron chi connectivity index (χ4n) is 1.72. The third kappa shape index (κ3) is 1.63. The minimum absolute atomic E-state index is 0.989. The molecule has 78 valence electrons. The second-order valence-corrected chi connectivity index (χ2v) is 3.62. The highest BCUT2D eigenvalue weighted by Gasteiger charge is 1.97. The number of aromatic amines is 1. The van der Waals surface area contributed by atoms with Crippen molar-refractivity contribution in [1.82, 2.24) is 9.97 Å². The second-order valence-electron chi connectivity index (χ2n) is 3.62. The fraction of sp³-hybridized carbons (Fsp3) is 0. The minimum Gasteiger partial charge on any atom is -0.348 e. The summed E-state index contributed by atoms with van der Waals surface area (Å²) in [4.78, 5) is 7.39. The number of pyridine rings is 1. The first-order valence-corrected chi connectivity index (χ1v) is 5.17. The maximum atomic E-state index is 4.28. The van der Waals surface area contributed by atoms with Crippen LogP contribution in [0.5, 0.6) is 0 Å². The smallest absolute Gasteiger partial charge is 0.107 e. The van der Waals surface area contributed by atoms with Gasteiger partial charge in [0.25, 0.3) is 0 Å². The molecule has 0 aliphatic rings. The Kier molecular flexibility index (Phi) is 2.07. The van der Waals surface area contributed by atoms with E-state index < -0.39 is 0 Å². The van der Waals surface area contributed by atoms with Crippen molar-refractivity contribution in [2.45, 2.75) is 0 Å². The van der Waals surface area contributed by atoms with Crippen LogP contribution in [0, 0.1) is 0 Å². The lowest BCUT2D eigenvalue weighted by Gasteiger charge is -2.04. The number of nitrogens with one attached hydrogen (secondary N) is 2. The largest absolute Gasteiger partial charge is 0.348 e. The van der Waals surface area contributed by atoms with Crippen LogP contribution in [0.25, 0.3) is 10.9 Å². The highest BCUT2D eigenvalue weighted by atomic mass is 15.0. The molecule has 0 atom stereocenters. The van der Waals surface area contributed by atoms with Gasteiger partial charge in [-0.1, -0.05) is 6.07 Å². The summed E-state index contributed by atoms with van der Waals surface area (Å²) in [7, 11) is 0. The van der Waals surface area contributed by atoms with E-state index in [1.807, 2.05) is 36.5 Å². The molecule has 0 radical (unpaired) electrons. The van der Waals surface area contributed by atoms with Crippen LogP contribution < -0.4 is 5.32 Å². The summed E-state index contributed by atoms with van der Waals surface area (Å²) >= 11 is 0. The molecule has 2 aromatic heterocycles. The zero-order chi connectivity index (χ0) is 10.8. The number of aromatic nitrogens is 2. The van der Waals surface area contributed by atoms with Gasteiger partial charge in [0, 0.05) is 23.5 Å². The maximum Gasteiger partial charge on any atom is 0.107 e. The lowest BCUT2D eigenvalue weighted by molar-refractivity contribution is 1.37. The van der Waals surface area contributed by atoms with E-state index in [1.165, 1.54) is 0 Å². The van der Waals surface area contributed by atoms with Crippen molar-refractivity contribution in [3.8, 4) is 0 Å². The highest BCUT2D eigenvalue weighted by molar-refractivity contribution is 5.82. The first-order valence-electron chi connectivity index (χ1n) is 5.17. The molecule has 3 aromatic rings. The molecule has 0 saturated heterocycles. The average Bonchev–Trinajstić information content (AvgIpc) is 2.82. The Morgan fingerprint density at radius 1 is 1.06 bits per heavy atom. The number of hydrogen-bond acceptors (Lipinski definition) is 2. The molecule has 0 aliphatic heterocycles. The molecule has 3 nitrogen and oxygen atoms in total. The van der Waals surface area contributed by atoms with Crippen molar-refractivity contribution >= 4 is 22.4 Å². The van der Waals surface area contributed by atoms with Crippen LogP contribution in [-0.2, 0) is 0 Å². The zero-order valence-electron chi connectivity index (χ0n) is 8.64. The summed E-state index contributed by atoms with van der Waals surface area (Å²) in [6.45, 7) is 0.